The van der Waals surface area contributed by atoms with Gasteiger partial charge in [-0.2, -0.15) is 11.3 Å². The highest BCUT2D eigenvalue weighted by Gasteiger charge is 2.22. The van der Waals surface area contributed by atoms with Crippen molar-refractivity contribution in [1.29, 1.82) is 0 Å². The predicted molar refractivity (Wildman–Crippen MR) is 50.2 cm³/mol. The maximum Gasteiger partial charge on any atom is 0.407 e. The number of rotatable bonds is 3. The standard InChI is InChI=1S/C8H9NO4S/c1-13-8(12)9-6(7(10)11)5-2-3-14-4-5/h2-4,6H,1H3,(H,9,12)(H,10,11). The van der Waals surface area contributed by atoms with Gasteiger partial charge in [-0.15, -0.1) is 0 Å². The molecule has 0 spiro atoms. The van der Waals surface area contributed by atoms with Crippen LogP contribution in [-0.4, -0.2) is 24.3 Å². The molecule has 1 heterocycles. The number of alkyl carbamates (subject to hydrolysis) is 1. The quantitative estimate of drug-likeness (QED) is 0.795. The normalized spacial score (nSPS) is 11.8. The lowest BCUT2D eigenvalue weighted by molar-refractivity contribution is -0.139. The van der Waals surface area contributed by atoms with E-state index in [0.29, 0.717) is 5.56 Å². The smallest absolute Gasteiger partial charge is 0.407 e. The van der Waals surface area contributed by atoms with Crippen LogP contribution in [0.4, 0.5) is 4.79 Å². The van der Waals surface area contributed by atoms with E-state index in [1.807, 2.05) is 0 Å². The number of hydrogen-bond acceptors (Lipinski definition) is 4. The minimum absolute atomic E-state index is 0.535. The Morgan fingerprint density at radius 2 is 2.36 bits per heavy atom. The van der Waals surface area contributed by atoms with Gasteiger partial charge in [-0.05, 0) is 22.4 Å². The third kappa shape index (κ3) is 2.46. The molecule has 1 atom stereocenters. The number of carboxylic acid groups (broad SMARTS) is 1. The summed E-state index contributed by atoms with van der Waals surface area (Å²) in [7, 11) is 1.18. The second-order valence-electron chi connectivity index (χ2n) is 2.46. The van der Waals surface area contributed by atoms with Gasteiger partial charge in [0.1, 0.15) is 0 Å². The van der Waals surface area contributed by atoms with Gasteiger partial charge in [0.25, 0.3) is 0 Å². The Hall–Kier alpha value is -1.56. The number of hydrogen-bond donors (Lipinski definition) is 2. The minimum Gasteiger partial charge on any atom is -0.479 e. The molecule has 0 aliphatic rings. The summed E-state index contributed by atoms with van der Waals surface area (Å²) in [6.45, 7) is 0. The van der Waals surface area contributed by atoms with Crippen LogP contribution in [0.1, 0.15) is 11.6 Å². The van der Waals surface area contributed by atoms with Crippen LogP contribution in [-0.2, 0) is 9.53 Å². The van der Waals surface area contributed by atoms with Crippen LogP contribution in [0.15, 0.2) is 16.8 Å². The first kappa shape index (κ1) is 10.5. The van der Waals surface area contributed by atoms with Crippen LogP contribution in [0, 0.1) is 0 Å². The van der Waals surface area contributed by atoms with E-state index in [4.69, 9.17) is 5.11 Å². The van der Waals surface area contributed by atoms with Gasteiger partial charge < -0.3 is 15.2 Å². The van der Waals surface area contributed by atoms with E-state index in [-0.39, 0.29) is 0 Å². The highest BCUT2D eigenvalue weighted by Crippen LogP contribution is 2.16. The number of methoxy groups -OCH3 is 1. The molecule has 0 aromatic carbocycles. The van der Waals surface area contributed by atoms with E-state index in [9.17, 15) is 9.59 Å². The van der Waals surface area contributed by atoms with E-state index in [1.54, 1.807) is 16.8 Å². The van der Waals surface area contributed by atoms with Gasteiger partial charge in [0.05, 0.1) is 7.11 Å². The molecular formula is C8H9NO4S. The van der Waals surface area contributed by atoms with E-state index in [0.717, 1.165) is 0 Å². The van der Waals surface area contributed by atoms with Gasteiger partial charge in [-0.1, -0.05) is 0 Å². The van der Waals surface area contributed by atoms with Crippen molar-refractivity contribution in [3.05, 3.63) is 22.4 Å². The van der Waals surface area contributed by atoms with Crippen LogP contribution < -0.4 is 5.32 Å². The molecule has 1 amide bonds. The van der Waals surface area contributed by atoms with Gasteiger partial charge in [-0.25, -0.2) is 9.59 Å². The van der Waals surface area contributed by atoms with Crippen molar-refractivity contribution in [2.24, 2.45) is 0 Å². The molecule has 0 saturated heterocycles. The number of thiophene rings is 1. The molecule has 14 heavy (non-hydrogen) atoms. The van der Waals surface area contributed by atoms with Crippen molar-refractivity contribution in [2.75, 3.05) is 7.11 Å². The van der Waals surface area contributed by atoms with Crippen LogP contribution in [0.5, 0.6) is 0 Å². The zero-order valence-electron chi connectivity index (χ0n) is 7.39. The zero-order valence-corrected chi connectivity index (χ0v) is 8.21. The number of aliphatic carboxylic acids is 1. The molecule has 6 heteroatoms. The fourth-order valence-corrected chi connectivity index (χ4v) is 1.59. The van der Waals surface area contributed by atoms with Crippen molar-refractivity contribution >= 4 is 23.4 Å². The molecule has 2 N–H and O–H groups in total. The molecule has 0 aliphatic heterocycles. The fraction of sp³-hybridized carbons (Fsp3) is 0.250. The van der Waals surface area contributed by atoms with Crippen molar-refractivity contribution in [3.63, 3.8) is 0 Å². The molecule has 1 aromatic rings. The van der Waals surface area contributed by atoms with Crippen LogP contribution in [0.2, 0.25) is 0 Å². The maximum absolute atomic E-state index is 10.8. The number of ether oxygens (including phenoxy) is 1. The Morgan fingerprint density at radius 1 is 1.64 bits per heavy atom. The molecule has 1 unspecified atom stereocenters. The number of nitrogens with one attached hydrogen (secondary N) is 1. The maximum atomic E-state index is 10.8. The molecule has 0 radical (unpaired) electrons. The summed E-state index contributed by atoms with van der Waals surface area (Å²) >= 11 is 1.36. The largest absolute Gasteiger partial charge is 0.479 e. The summed E-state index contributed by atoms with van der Waals surface area (Å²) in [6.07, 6.45) is -0.761. The second-order valence-corrected chi connectivity index (χ2v) is 3.24. The van der Waals surface area contributed by atoms with Gasteiger partial charge in [0.2, 0.25) is 0 Å². The summed E-state index contributed by atoms with van der Waals surface area (Å²) in [4.78, 5) is 21.6. The van der Waals surface area contributed by atoms with Crippen molar-refractivity contribution < 1.29 is 19.4 Å². The Morgan fingerprint density at radius 3 is 2.79 bits per heavy atom. The molecule has 1 rings (SSSR count). The molecular weight excluding hydrogens is 206 g/mol. The second kappa shape index (κ2) is 4.61. The minimum atomic E-state index is -1.12. The van der Waals surface area contributed by atoms with Crippen molar-refractivity contribution in [3.8, 4) is 0 Å². The summed E-state index contributed by atoms with van der Waals surface area (Å²) < 4.78 is 4.32. The van der Waals surface area contributed by atoms with Crippen molar-refractivity contribution in [1.82, 2.24) is 5.32 Å². The predicted octanol–water partition coefficient (Wildman–Crippen LogP) is 1.23. The first-order chi connectivity index (χ1) is 6.65. The Labute approximate surface area is 84.3 Å². The van der Waals surface area contributed by atoms with Crippen molar-refractivity contribution in [2.45, 2.75) is 6.04 Å². The topological polar surface area (TPSA) is 75.6 Å². The summed E-state index contributed by atoms with van der Waals surface area (Å²) in [5.74, 6) is -1.12. The molecule has 76 valence electrons. The molecule has 0 aliphatic carbocycles. The molecule has 0 fully saturated rings. The van der Waals surface area contributed by atoms with Crippen LogP contribution >= 0.6 is 11.3 Å². The zero-order chi connectivity index (χ0) is 10.6. The third-order valence-corrected chi connectivity index (χ3v) is 2.27. The monoisotopic (exact) mass is 215 g/mol. The van der Waals surface area contributed by atoms with E-state index in [2.05, 4.69) is 10.1 Å². The summed E-state index contributed by atoms with van der Waals surface area (Å²) in [6, 6.07) is 0.591. The summed E-state index contributed by atoms with van der Waals surface area (Å²) in [5, 5.41) is 14.4. The number of amides is 1. The van der Waals surface area contributed by atoms with Crippen LogP contribution in [0.3, 0.4) is 0 Å². The Balaban J connectivity index is 2.76. The Kier molecular flexibility index (Phi) is 3.47. The average Bonchev–Trinajstić information content (AvgIpc) is 2.65. The summed E-state index contributed by atoms with van der Waals surface area (Å²) in [5.41, 5.74) is 0.535. The molecule has 1 aromatic heterocycles. The SMILES string of the molecule is COC(=O)NC(C(=O)O)c1ccsc1. The van der Waals surface area contributed by atoms with Gasteiger partial charge >= 0.3 is 12.1 Å². The lowest BCUT2D eigenvalue weighted by Gasteiger charge is -2.11. The highest BCUT2D eigenvalue weighted by molar-refractivity contribution is 7.08. The lowest BCUT2D eigenvalue weighted by Crippen LogP contribution is -2.33. The van der Waals surface area contributed by atoms with E-state index in [1.165, 1.54) is 18.4 Å². The third-order valence-electron chi connectivity index (χ3n) is 1.57. The van der Waals surface area contributed by atoms with Gasteiger partial charge in [0.15, 0.2) is 6.04 Å². The van der Waals surface area contributed by atoms with Gasteiger partial charge in [-0.3, -0.25) is 0 Å². The lowest BCUT2D eigenvalue weighted by atomic mass is 10.1. The number of carbonyl (C=O) groups is 2. The molecule has 0 saturated carbocycles. The van der Waals surface area contributed by atoms with E-state index < -0.39 is 18.1 Å². The van der Waals surface area contributed by atoms with E-state index >= 15 is 0 Å². The number of carboxylic acids is 1. The first-order valence-corrected chi connectivity index (χ1v) is 4.69. The average molecular weight is 215 g/mol. The highest BCUT2D eigenvalue weighted by atomic mass is 32.1. The van der Waals surface area contributed by atoms with Gasteiger partial charge in [0, 0.05) is 0 Å². The number of carbonyl (C=O) groups excluding carboxylic acids is 1. The Bertz CT molecular complexity index is 322. The molecule has 5 nitrogen and oxygen atoms in total. The van der Waals surface area contributed by atoms with Crippen LogP contribution in [0.25, 0.3) is 0 Å². The fourth-order valence-electron chi connectivity index (χ4n) is 0.904. The molecule has 0 bridgehead atoms. The first-order valence-electron chi connectivity index (χ1n) is 3.74.